The first-order valence-electron chi connectivity index (χ1n) is 7.71. The number of hydrogen-bond acceptors (Lipinski definition) is 7. The van der Waals surface area contributed by atoms with Gasteiger partial charge in [-0.2, -0.15) is 0 Å². The highest BCUT2D eigenvalue weighted by Crippen LogP contribution is 2.22. The number of rotatable bonds is 5. The Kier molecular flexibility index (Phi) is 4.75. The molecule has 26 heavy (non-hydrogen) atoms. The van der Waals surface area contributed by atoms with Crippen LogP contribution >= 0.6 is 0 Å². The highest BCUT2D eigenvalue weighted by Gasteiger charge is 2.11. The standard InChI is InChI=1S/C18H18N8/c1-3-22-18-14(7-5-9-26(18)20)24-12(2)16-17(19)23-11-15(25-16)13-6-4-8-21-10-13/h3-11,24H,1-2,20H2,(H2,19,23). The first-order chi connectivity index (χ1) is 12.6. The van der Waals surface area contributed by atoms with Crippen LogP contribution in [0.25, 0.3) is 17.0 Å². The molecule has 5 N–H and O–H groups in total. The van der Waals surface area contributed by atoms with E-state index in [2.05, 4.69) is 38.4 Å². The topological polar surface area (TPSA) is 120 Å². The predicted molar refractivity (Wildman–Crippen MR) is 103 cm³/mol. The Morgan fingerprint density at radius 2 is 2.12 bits per heavy atom. The summed E-state index contributed by atoms with van der Waals surface area (Å²) < 4.78 is 1.37. The molecule has 3 rings (SSSR count). The molecule has 0 aliphatic heterocycles. The van der Waals surface area contributed by atoms with E-state index in [0.29, 0.717) is 28.3 Å². The molecule has 0 saturated carbocycles. The number of aromatic nitrogens is 4. The molecule has 0 spiro atoms. The molecule has 130 valence electrons. The van der Waals surface area contributed by atoms with Gasteiger partial charge in [0.1, 0.15) is 5.69 Å². The SMILES string of the molecule is C=CN=c1c(NC(=C)c2nc(-c3cccnc3)cnc2N)cccn1N. The van der Waals surface area contributed by atoms with Gasteiger partial charge in [-0.25, -0.2) is 15.0 Å². The van der Waals surface area contributed by atoms with Gasteiger partial charge in [0, 0.05) is 30.4 Å². The van der Waals surface area contributed by atoms with Crippen molar-refractivity contribution < 1.29 is 0 Å². The number of nitrogens with one attached hydrogen (secondary N) is 1. The predicted octanol–water partition coefficient (Wildman–Crippen LogP) is 1.76. The first kappa shape index (κ1) is 16.9. The molecule has 0 radical (unpaired) electrons. The normalized spacial score (nSPS) is 11.2. The molecular formula is C18H18N8. The molecule has 8 nitrogen and oxygen atoms in total. The van der Waals surface area contributed by atoms with Crippen LogP contribution in [0.2, 0.25) is 0 Å². The van der Waals surface area contributed by atoms with Crippen LogP contribution in [0.15, 0.2) is 73.4 Å². The molecule has 0 fully saturated rings. The number of anilines is 2. The van der Waals surface area contributed by atoms with Gasteiger partial charge in [0.05, 0.1) is 23.3 Å². The molecule has 0 bridgehead atoms. The van der Waals surface area contributed by atoms with E-state index in [1.54, 1.807) is 30.9 Å². The third-order valence-electron chi connectivity index (χ3n) is 3.54. The zero-order valence-corrected chi connectivity index (χ0v) is 14.0. The zero-order valence-electron chi connectivity index (χ0n) is 14.0. The van der Waals surface area contributed by atoms with Crippen molar-refractivity contribution in [2.75, 3.05) is 16.9 Å². The second kappa shape index (κ2) is 7.31. The lowest BCUT2D eigenvalue weighted by atomic mass is 10.2. The summed E-state index contributed by atoms with van der Waals surface area (Å²) in [6.45, 7) is 7.62. The van der Waals surface area contributed by atoms with E-state index in [0.717, 1.165) is 5.56 Å². The third kappa shape index (κ3) is 3.44. The van der Waals surface area contributed by atoms with E-state index in [4.69, 9.17) is 11.6 Å². The molecule has 0 amide bonds. The van der Waals surface area contributed by atoms with Crippen LogP contribution in [0.1, 0.15) is 5.69 Å². The Hall–Kier alpha value is -3.94. The molecule has 3 aromatic rings. The van der Waals surface area contributed by atoms with Crippen molar-refractivity contribution >= 4 is 17.2 Å². The van der Waals surface area contributed by atoms with E-state index >= 15 is 0 Å². The summed E-state index contributed by atoms with van der Waals surface area (Å²) in [6.07, 6.45) is 8.07. The van der Waals surface area contributed by atoms with Crippen LogP contribution < -0.4 is 22.4 Å². The monoisotopic (exact) mass is 346 g/mol. The number of hydrogen-bond donors (Lipinski definition) is 3. The summed E-state index contributed by atoms with van der Waals surface area (Å²) in [4.78, 5) is 17.0. The van der Waals surface area contributed by atoms with E-state index in [-0.39, 0.29) is 5.82 Å². The van der Waals surface area contributed by atoms with Crippen molar-refractivity contribution in [2.45, 2.75) is 0 Å². The van der Waals surface area contributed by atoms with Gasteiger partial charge in [-0.05, 0) is 24.3 Å². The van der Waals surface area contributed by atoms with Crippen molar-refractivity contribution in [1.82, 2.24) is 19.6 Å². The summed E-state index contributed by atoms with van der Waals surface area (Å²) in [5.74, 6) is 6.16. The first-order valence-corrected chi connectivity index (χ1v) is 7.71. The number of nitrogens with zero attached hydrogens (tertiary/aromatic N) is 5. The van der Waals surface area contributed by atoms with E-state index in [1.807, 2.05) is 18.2 Å². The van der Waals surface area contributed by atoms with E-state index in [1.165, 1.54) is 10.9 Å². The van der Waals surface area contributed by atoms with Gasteiger partial charge in [0.15, 0.2) is 11.3 Å². The Morgan fingerprint density at radius 1 is 1.27 bits per heavy atom. The molecule has 0 aromatic carbocycles. The average molecular weight is 346 g/mol. The van der Waals surface area contributed by atoms with Gasteiger partial charge in [-0.3, -0.25) is 9.66 Å². The van der Waals surface area contributed by atoms with E-state index < -0.39 is 0 Å². The van der Waals surface area contributed by atoms with Gasteiger partial charge >= 0.3 is 0 Å². The van der Waals surface area contributed by atoms with Gasteiger partial charge in [0.25, 0.3) is 0 Å². The Labute approximate surface area is 150 Å². The van der Waals surface area contributed by atoms with Crippen LogP contribution in [-0.4, -0.2) is 19.6 Å². The molecule has 8 heteroatoms. The summed E-state index contributed by atoms with van der Waals surface area (Å²) >= 11 is 0. The molecule has 3 heterocycles. The van der Waals surface area contributed by atoms with Crippen molar-refractivity contribution in [3.63, 3.8) is 0 Å². The Balaban J connectivity index is 1.98. The van der Waals surface area contributed by atoms with Crippen LogP contribution in [0.4, 0.5) is 11.5 Å². The Bertz CT molecular complexity index is 1020. The summed E-state index contributed by atoms with van der Waals surface area (Å²) in [6, 6.07) is 7.31. The molecule has 3 aromatic heterocycles. The smallest absolute Gasteiger partial charge is 0.174 e. The molecule has 0 saturated heterocycles. The highest BCUT2D eigenvalue weighted by molar-refractivity contribution is 5.78. The summed E-state index contributed by atoms with van der Waals surface area (Å²) in [5.41, 5.74) is 9.48. The minimum absolute atomic E-state index is 0.258. The number of pyridine rings is 2. The number of nitrogen functional groups attached to an aromatic ring is 2. The average Bonchev–Trinajstić information content (AvgIpc) is 2.65. The summed E-state index contributed by atoms with van der Waals surface area (Å²) in [5, 5.41) is 3.14. The molecule has 0 unspecified atom stereocenters. The lowest BCUT2D eigenvalue weighted by molar-refractivity contribution is 0.906. The van der Waals surface area contributed by atoms with Gasteiger partial charge in [0.2, 0.25) is 0 Å². The second-order valence-corrected chi connectivity index (χ2v) is 5.30. The van der Waals surface area contributed by atoms with Crippen LogP contribution in [0.5, 0.6) is 0 Å². The van der Waals surface area contributed by atoms with Crippen LogP contribution in [0.3, 0.4) is 0 Å². The molecule has 0 aliphatic carbocycles. The quantitative estimate of drug-likeness (QED) is 0.606. The minimum atomic E-state index is 0.258. The van der Waals surface area contributed by atoms with Crippen molar-refractivity contribution in [2.24, 2.45) is 4.99 Å². The zero-order chi connectivity index (χ0) is 18.5. The fourth-order valence-corrected chi connectivity index (χ4v) is 2.33. The largest absolute Gasteiger partial charge is 0.382 e. The van der Waals surface area contributed by atoms with Crippen molar-refractivity contribution in [3.8, 4) is 11.3 Å². The maximum atomic E-state index is 5.99. The molecular weight excluding hydrogens is 328 g/mol. The molecule has 0 aliphatic rings. The highest BCUT2D eigenvalue weighted by atomic mass is 15.3. The third-order valence-corrected chi connectivity index (χ3v) is 3.54. The van der Waals surface area contributed by atoms with Crippen LogP contribution in [-0.2, 0) is 0 Å². The Morgan fingerprint density at radius 3 is 2.85 bits per heavy atom. The maximum absolute atomic E-state index is 5.99. The fraction of sp³-hybridized carbons (Fsp3) is 0. The van der Waals surface area contributed by atoms with E-state index in [9.17, 15) is 0 Å². The van der Waals surface area contributed by atoms with Crippen molar-refractivity contribution in [3.05, 3.63) is 79.6 Å². The fourth-order valence-electron chi connectivity index (χ4n) is 2.33. The van der Waals surface area contributed by atoms with Crippen LogP contribution in [0, 0.1) is 0 Å². The second-order valence-electron chi connectivity index (χ2n) is 5.30. The summed E-state index contributed by atoms with van der Waals surface area (Å²) in [7, 11) is 0. The lowest BCUT2D eigenvalue weighted by Crippen LogP contribution is -2.29. The molecule has 0 atom stereocenters. The van der Waals surface area contributed by atoms with Gasteiger partial charge in [-0.15, -0.1) is 0 Å². The van der Waals surface area contributed by atoms with Crippen molar-refractivity contribution in [1.29, 1.82) is 0 Å². The number of nitrogens with two attached hydrogens (primary N) is 2. The maximum Gasteiger partial charge on any atom is 0.174 e. The van der Waals surface area contributed by atoms with Gasteiger partial charge < -0.3 is 16.9 Å². The minimum Gasteiger partial charge on any atom is -0.382 e. The van der Waals surface area contributed by atoms with Gasteiger partial charge in [-0.1, -0.05) is 13.2 Å². The lowest BCUT2D eigenvalue weighted by Gasteiger charge is -2.13.